The van der Waals surface area contributed by atoms with E-state index in [2.05, 4.69) is 15.0 Å². The molecule has 2 heterocycles. The molecule has 20 heavy (non-hydrogen) atoms. The summed E-state index contributed by atoms with van der Waals surface area (Å²) in [4.78, 5) is 23.1. The minimum absolute atomic E-state index is 0.0784. The number of carbonyl (C=O) groups is 1. The Morgan fingerprint density at radius 3 is 3.00 bits per heavy atom. The highest BCUT2D eigenvalue weighted by molar-refractivity contribution is 5.95. The monoisotopic (exact) mass is 267 g/mol. The molecule has 0 unspecified atom stereocenters. The number of carbonyl (C=O) groups excluding carboxylic acids is 1. The molecule has 0 spiro atoms. The van der Waals surface area contributed by atoms with Crippen LogP contribution in [0.1, 0.15) is 17.5 Å². The molecule has 3 aromatic rings. The average molecular weight is 267 g/mol. The molecule has 1 aromatic carbocycles. The lowest BCUT2D eigenvalue weighted by Crippen LogP contribution is -2.09. The maximum atomic E-state index is 11.7. The van der Waals surface area contributed by atoms with E-state index in [0.29, 0.717) is 12.3 Å². The van der Waals surface area contributed by atoms with Gasteiger partial charge in [-0.05, 0) is 19.1 Å². The van der Waals surface area contributed by atoms with Crippen LogP contribution in [0.15, 0.2) is 42.7 Å². The normalized spacial score (nSPS) is 10.7. The van der Waals surface area contributed by atoms with E-state index in [9.17, 15) is 4.79 Å². The van der Waals surface area contributed by atoms with Crippen LogP contribution >= 0.6 is 0 Å². The molecule has 100 valence electrons. The highest BCUT2D eigenvalue weighted by Crippen LogP contribution is 2.26. The van der Waals surface area contributed by atoms with Crippen LogP contribution in [-0.2, 0) is 4.74 Å². The molecule has 5 heteroatoms. The van der Waals surface area contributed by atoms with Crippen LogP contribution in [0.4, 0.5) is 0 Å². The molecular formula is C15H13N3O2. The maximum absolute atomic E-state index is 11.7. The zero-order valence-corrected chi connectivity index (χ0v) is 11.0. The molecular weight excluding hydrogens is 254 g/mol. The van der Waals surface area contributed by atoms with Crippen molar-refractivity contribution in [2.45, 2.75) is 6.92 Å². The number of nitrogens with one attached hydrogen (secondary N) is 1. The van der Waals surface area contributed by atoms with Crippen molar-refractivity contribution in [2.75, 3.05) is 6.61 Å². The van der Waals surface area contributed by atoms with Gasteiger partial charge in [0.15, 0.2) is 0 Å². The molecule has 0 aliphatic heterocycles. The van der Waals surface area contributed by atoms with Gasteiger partial charge in [-0.25, -0.2) is 14.8 Å². The molecule has 1 N–H and O–H groups in total. The van der Waals surface area contributed by atoms with E-state index in [1.54, 1.807) is 19.2 Å². The van der Waals surface area contributed by atoms with Crippen LogP contribution in [0.5, 0.6) is 0 Å². The van der Waals surface area contributed by atoms with Crippen LogP contribution in [0.3, 0.4) is 0 Å². The van der Waals surface area contributed by atoms with E-state index in [-0.39, 0.29) is 5.82 Å². The van der Waals surface area contributed by atoms with Gasteiger partial charge in [-0.3, -0.25) is 0 Å². The molecule has 0 aliphatic rings. The van der Waals surface area contributed by atoms with Gasteiger partial charge in [-0.2, -0.15) is 0 Å². The van der Waals surface area contributed by atoms with Crippen molar-refractivity contribution in [2.24, 2.45) is 0 Å². The first-order valence-electron chi connectivity index (χ1n) is 6.36. The van der Waals surface area contributed by atoms with Crippen molar-refractivity contribution in [1.29, 1.82) is 0 Å². The zero-order chi connectivity index (χ0) is 13.9. The van der Waals surface area contributed by atoms with Crippen molar-refractivity contribution >= 4 is 16.9 Å². The fraction of sp³-hybridized carbons (Fsp3) is 0.133. The Labute approximate surface area is 115 Å². The molecule has 0 radical (unpaired) electrons. The number of benzene rings is 1. The number of fused-ring (bicyclic) bond motifs is 1. The van der Waals surface area contributed by atoms with Gasteiger partial charge >= 0.3 is 5.97 Å². The number of hydrogen-bond donors (Lipinski definition) is 1. The molecule has 2 aromatic heterocycles. The van der Waals surface area contributed by atoms with E-state index >= 15 is 0 Å². The second-order valence-electron chi connectivity index (χ2n) is 4.23. The SMILES string of the molecule is CCOC(=O)c1nccc(-c2c[nH]c3ccccc23)n1. The summed E-state index contributed by atoms with van der Waals surface area (Å²) in [6, 6.07) is 9.71. The Morgan fingerprint density at radius 1 is 1.30 bits per heavy atom. The minimum Gasteiger partial charge on any atom is -0.460 e. The second-order valence-corrected chi connectivity index (χ2v) is 4.23. The number of nitrogens with zero attached hydrogens (tertiary/aromatic N) is 2. The van der Waals surface area contributed by atoms with Gasteiger partial charge < -0.3 is 9.72 Å². The lowest BCUT2D eigenvalue weighted by atomic mass is 10.1. The number of para-hydroxylation sites is 1. The van der Waals surface area contributed by atoms with Gasteiger partial charge in [0, 0.05) is 28.9 Å². The third kappa shape index (κ3) is 2.14. The molecule has 0 aliphatic carbocycles. The maximum Gasteiger partial charge on any atom is 0.376 e. The summed E-state index contributed by atoms with van der Waals surface area (Å²) < 4.78 is 4.92. The summed E-state index contributed by atoms with van der Waals surface area (Å²) in [5.74, 6) is -0.427. The number of rotatable bonds is 3. The Balaban J connectivity index is 2.06. The fourth-order valence-electron chi connectivity index (χ4n) is 2.09. The molecule has 3 rings (SSSR count). The Kier molecular flexibility index (Phi) is 3.16. The summed E-state index contributed by atoms with van der Waals surface area (Å²) in [6.45, 7) is 2.06. The molecule has 0 saturated heterocycles. The van der Waals surface area contributed by atoms with Crippen molar-refractivity contribution in [3.05, 3.63) is 48.5 Å². The highest BCUT2D eigenvalue weighted by Gasteiger charge is 2.13. The molecule has 0 amide bonds. The third-order valence-electron chi connectivity index (χ3n) is 2.98. The van der Waals surface area contributed by atoms with Crippen molar-refractivity contribution < 1.29 is 9.53 Å². The predicted molar refractivity (Wildman–Crippen MR) is 75.3 cm³/mol. The van der Waals surface area contributed by atoms with Gasteiger partial charge in [-0.1, -0.05) is 18.2 Å². The minimum atomic E-state index is -0.505. The Bertz CT molecular complexity index is 764. The van der Waals surface area contributed by atoms with Crippen LogP contribution in [0.2, 0.25) is 0 Å². The van der Waals surface area contributed by atoms with Gasteiger partial charge in [0.25, 0.3) is 0 Å². The smallest absolute Gasteiger partial charge is 0.376 e. The van der Waals surface area contributed by atoms with Crippen molar-refractivity contribution in [3.63, 3.8) is 0 Å². The summed E-state index contributed by atoms with van der Waals surface area (Å²) in [6.07, 6.45) is 3.44. The summed E-state index contributed by atoms with van der Waals surface area (Å²) in [7, 11) is 0. The van der Waals surface area contributed by atoms with Crippen LogP contribution in [0, 0.1) is 0 Å². The van der Waals surface area contributed by atoms with Crippen molar-refractivity contribution in [3.8, 4) is 11.3 Å². The zero-order valence-electron chi connectivity index (χ0n) is 11.0. The average Bonchev–Trinajstić information content (AvgIpc) is 2.91. The summed E-state index contributed by atoms with van der Waals surface area (Å²) in [5, 5.41) is 1.06. The highest BCUT2D eigenvalue weighted by atomic mass is 16.5. The van der Waals surface area contributed by atoms with E-state index in [1.807, 2.05) is 30.5 Å². The predicted octanol–water partition coefficient (Wildman–Crippen LogP) is 2.80. The number of aromatic nitrogens is 3. The number of hydrogen-bond acceptors (Lipinski definition) is 4. The van der Waals surface area contributed by atoms with Crippen LogP contribution in [-0.4, -0.2) is 27.5 Å². The third-order valence-corrected chi connectivity index (χ3v) is 2.98. The van der Waals surface area contributed by atoms with Gasteiger partial charge in [0.05, 0.1) is 12.3 Å². The lowest BCUT2D eigenvalue weighted by molar-refractivity contribution is 0.0512. The summed E-state index contributed by atoms with van der Waals surface area (Å²) >= 11 is 0. The largest absolute Gasteiger partial charge is 0.460 e. The standard InChI is InChI=1S/C15H13N3O2/c1-2-20-15(19)14-16-8-7-13(18-14)11-9-17-12-6-4-3-5-10(11)12/h3-9,17H,2H2,1H3. The topological polar surface area (TPSA) is 67.9 Å². The fourth-order valence-corrected chi connectivity index (χ4v) is 2.09. The number of aromatic amines is 1. The molecule has 0 bridgehead atoms. The Hall–Kier alpha value is -2.69. The first-order chi connectivity index (χ1) is 9.79. The summed E-state index contributed by atoms with van der Waals surface area (Å²) in [5.41, 5.74) is 2.66. The molecule has 0 saturated carbocycles. The quantitative estimate of drug-likeness (QED) is 0.741. The van der Waals surface area contributed by atoms with E-state index in [1.165, 1.54) is 0 Å². The van der Waals surface area contributed by atoms with Gasteiger partial charge in [0.2, 0.25) is 5.82 Å². The second kappa shape index (κ2) is 5.13. The van der Waals surface area contributed by atoms with Crippen LogP contribution < -0.4 is 0 Å². The number of H-pyrrole nitrogens is 1. The number of esters is 1. The van der Waals surface area contributed by atoms with Crippen molar-refractivity contribution in [1.82, 2.24) is 15.0 Å². The Morgan fingerprint density at radius 2 is 2.15 bits per heavy atom. The first kappa shape index (κ1) is 12.3. The number of ether oxygens (including phenoxy) is 1. The molecule has 0 atom stereocenters. The van der Waals surface area contributed by atoms with Crippen LogP contribution in [0.25, 0.3) is 22.2 Å². The molecule has 5 nitrogen and oxygen atoms in total. The van der Waals surface area contributed by atoms with Gasteiger partial charge in [0.1, 0.15) is 0 Å². The molecule has 0 fully saturated rings. The van der Waals surface area contributed by atoms with Gasteiger partial charge in [-0.15, -0.1) is 0 Å². The lowest BCUT2D eigenvalue weighted by Gasteiger charge is -2.02. The van der Waals surface area contributed by atoms with E-state index in [4.69, 9.17) is 4.74 Å². The van der Waals surface area contributed by atoms with E-state index in [0.717, 1.165) is 16.5 Å². The van der Waals surface area contributed by atoms with E-state index < -0.39 is 5.97 Å². The first-order valence-corrected chi connectivity index (χ1v) is 6.36.